The van der Waals surface area contributed by atoms with Crippen LogP contribution in [-0.2, 0) is 10.0 Å². The van der Waals surface area contributed by atoms with Crippen molar-refractivity contribution in [1.29, 1.82) is 0 Å². The van der Waals surface area contributed by atoms with Gasteiger partial charge in [-0.2, -0.15) is 0 Å². The molecular formula is C19H20N2O5S. The van der Waals surface area contributed by atoms with Gasteiger partial charge in [-0.1, -0.05) is 17.3 Å². The van der Waals surface area contributed by atoms with Crippen molar-refractivity contribution in [1.82, 2.24) is 5.16 Å². The minimum atomic E-state index is -3.94. The molecule has 0 saturated heterocycles. The van der Waals surface area contributed by atoms with E-state index in [1.165, 1.54) is 13.2 Å². The Bertz CT molecular complexity index is 1040. The van der Waals surface area contributed by atoms with Crippen molar-refractivity contribution >= 4 is 15.7 Å². The number of anilines is 1. The van der Waals surface area contributed by atoms with Crippen molar-refractivity contribution in [2.75, 3.05) is 18.4 Å². The predicted molar refractivity (Wildman–Crippen MR) is 102 cm³/mol. The van der Waals surface area contributed by atoms with Crippen LogP contribution in [0.25, 0.3) is 11.3 Å². The smallest absolute Gasteiger partial charge is 0.265 e. The van der Waals surface area contributed by atoms with Crippen molar-refractivity contribution < 1.29 is 22.4 Å². The first-order chi connectivity index (χ1) is 12.9. The molecule has 0 aliphatic heterocycles. The average molecular weight is 388 g/mol. The van der Waals surface area contributed by atoms with Gasteiger partial charge in [0, 0.05) is 11.6 Å². The number of benzene rings is 2. The zero-order valence-corrected chi connectivity index (χ0v) is 16.0. The van der Waals surface area contributed by atoms with Gasteiger partial charge in [0.15, 0.2) is 5.76 Å². The van der Waals surface area contributed by atoms with Gasteiger partial charge >= 0.3 is 0 Å². The zero-order chi connectivity index (χ0) is 19.4. The molecule has 0 fully saturated rings. The second kappa shape index (κ2) is 7.71. The Morgan fingerprint density at radius 2 is 1.89 bits per heavy atom. The number of ether oxygens (including phenoxy) is 2. The Labute approximate surface area is 158 Å². The fraction of sp³-hybridized carbons (Fsp3) is 0.211. The van der Waals surface area contributed by atoms with Gasteiger partial charge in [-0.3, -0.25) is 4.72 Å². The monoisotopic (exact) mass is 388 g/mol. The lowest BCUT2D eigenvalue weighted by atomic mass is 10.1. The molecule has 7 nitrogen and oxygen atoms in total. The van der Waals surface area contributed by atoms with Crippen molar-refractivity contribution in [3.05, 3.63) is 54.2 Å². The summed E-state index contributed by atoms with van der Waals surface area (Å²) in [6.45, 7) is 4.04. The molecule has 0 atom stereocenters. The molecule has 0 saturated carbocycles. The first kappa shape index (κ1) is 18.8. The van der Waals surface area contributed by atoms with E-state index < -0.39 is 10.0 Å². The minimum Gasteiger partial charge on any atom is -0.495 e. The van der Waals surface area contributed by atoms with Gasteiger partial charge in [0.2, 0.25) is 0 Å². The average Bonchev–Trinajstić information content (AvgIpc) is 3.09. The van der Waals surface area contributed by atoms with Crippen LogP contribution in [0.3, 0.4) is 0 Å². The molecule has 0 aliphatic rings. The minimum absolute atomic E-state index is 0.0112. The van der Waals surface area contributed by atoms with Crippen LogP contribution in [0.2, 0.25) is 0 Å². The molecule has 3 rings (SSSR count). The topological polar surface area (TPSA) is 90.7 Å². The van der Waals surface area contributed by atoms with Crippen LogP contribution in [0.5, 0.6) is 11.5 Å². The summed E-state index contributed by atoms with van der Waals surface area (Å²) in [5.74, 6) is 1.14. The van der Waals surface area contributed by atoms with Gasteiger partial charge in [0.25, 0.3) is 10.0 Å². The van der Waals surface area contributed by atoms with Crippen LogP contribution in [-0.4, -0.2) is 27.3 Å². The van der Waals surface area contributed by atoms with E-state index in [1.807, 2.05) is 6.92 Å². The van der Waals surface area contributed by atoms with E-state index in [4.69, 9.17) is 14.0 Å². The van der Waals surface area contributed by atoms with E-state index in [-0.39, 0.29) is 10.6 Å². The largest absolute Gasteiger partial charge is 0.495 e. The molecule has 8 heteroatoms. The van der Waals surface area contributed by atoms with Gasteiger partial charge in [0.05, 0.1) is 25.1 Å². The number of hydrogen-bond donors (Lipinski definition) is 1. The number of nitrogens with one attached hydrogen (secondary N) is 1. The highest BCUT2D eigenvalue weighted by atomic mass is 32.2. The SMILES string of the molecule is CCOc1ccccc1NS(=O)(=O)c1cc(-c2cc(C)no2)ccc1OC. The van der Waals surface area contributed by atoms with E-state index in [2.05, 4.69) is 9.88 Å². The molecule has 2 aromatic carbocycles. The third kappa shape index (κ3) is 4.06. The molecule has 0 spiro atoms. The molecule has 1 aromatic heterocycles. The second-order valence-electron chi connectivity index (χ2n) is 5.73. The van der Waals surface area contributed by atoms with Crippen molar-refractivity contribution in [3.8, 4) is 22.8 Å². The Morgan fingerprint density at radius 1 is 1.11 bits per heavy atom. The third-order valence-electron chi connectivity index (χ3n) is 3.80. The zero-order valence-electron chi connectivity index (χ0n) is 15.2. The Balaban J connectivity index is 2.03. The fourth-order valence-electron chi connectivity index (χ4n) is 2.57. The van der Waals surface area contributed by atoms with Gasteiger partial charge < -0.3 is 14.0 Å². The number of aromatic nitrogens is 1. The number of nitrogens with zero attached hydrogens (tertiary/aromatic N) is 1. The number of sulfonamides is 1. The standard InChI is InChI=1S/C19H20N2O5S/c1-4-25-16-8-6-5-7-15(16)21-27(22,23)19-12-14(9-10-17(19)24-3)18-11-13(2)20-26-18/h5-12,21H,4H2,1-3H3. The highest BCUT2D eigenvalue weighted by Gasteiger charge is 2.23. The highest BCUT2D eigenvalue weighted by molar-refractivity contribution is 7.92. The Kier molecular flexibility index (Phi) is 5.36. The van der Waals surface area contributed by atoms with Crippen LogP contribution in [0.1, 0.15) is 12.6 Å². The number of rotatable bonds is 7. The summed E-state index contributed by atoms with van der Waals surface area (Å²) in [6, 6.07) is 13.4. The highest BCUT2D eigenvalue weighted by Crippen LogP contribution is 2.33. The van der Waals surface area contributed by atoms with E-state index >= 15 is 0 Å². The normalized spacial score (nSPS) is 11.2. The van der Waals surface area contributed by atoms with Gasteiger partial charge in [-0.25, -0.2) is 8.42 Å². The lowest BCUT2D eigenvalue weighted by molar-refractivity contribution is 0.342. The summed E-state index contributed by atoms with van der Waals surface area (Å²) >= 11 is 0. The number of hydrogen-bond acceptors (Lipinski definition) is 6. The maximum absolute atomic E-state index is 13.0. The molecule has 0 bridgehead atoms. The molecular weight excluding hydrogens is 368 g/mol. The molecule has 0 unspecified atom stereocenters. The number of para-hydroxylation sites is 2. The van der Waals surface area contributed by atoms with Crippen LogP contribution in [0.15, 0.2) is 57.9 Å². The molecule has 1 N–H and O–H groups in total. The Morgan fingerprint density at radius 3 is 2.56 bits per heavy atom. The summed E-state index contributed by atoms with van der Waals surface area (Å²) in [4.78, 5) is -0.0112. The van der Waals surface area contributed by atoms with Gasteiger partial charge in [-0.15, -0.1) is 0 Å². The number of aryl methyl sites for hydroxylation is 1. The first-order valence-corrected chi connectivity index (χ1v) is 9.79. The van der Waals surface area contributed by atoms with Crippen molar-refractivity contribution in [3.63, 3.8) is 0 Å². The molecule has 3 aromatic rings. The molecule has 27 heavy (non-hydrogen) atoms. The lowest BCUT2D eigenvalue weighted by Gasteiger charge is -2.15. The van der Waals surface area contributed by atoms with Crippen LogP contribution in [0.4, 0.5) is 5.69 Å². The first-order valence-electron chi connectivity index (χ1n) is 8.31. The predicted octanol–water partition coefficient (Wildman–Crippen LogP) is 3.86. The van der Waals surface area contributed by atoms with Crippen LogP contribution >= 0.6 is 0 Å². The molecule has 0 amide bonds. The summed E-state index contributed by atoms with van der Waals surface area (Å²) in [7, 11) is -2.52. The summed E-state index contributed by atoms with van der Waals surface area (Å²) < 4.78 is 44.6. The molecule has 0 radical (unpaired) electrons. The number of methoxy groups -OCH3 is 1. The summed E-state index contributed by atoms with van der Waals surface area (Å²) in [5, 5.41) is 3.84. The van der Waals surface area contributed by atoms with E-state index in [0.29, 0.717) is 35.1 Å². The molecule has 142 valence electrons. The van der Waals surface area contributed by atoms with Crippen molar-refractivity contribution in [2.24, 2.45) is 0 Å². The van der Waals surface area contributed by atoms with E-state index in [0.717, 1.165) is 0 Å². The fourth-order valence-corrected chi connectivity index (χ4v) is 3.84. The Hall–Kier alpha value is -3.00. The summed E-state index contributed by atoms with van der Waals surface area (Å²) in [5.41, 5.74) is 1.63. The van der Waals surface area contributed by atoms with E-state index in [9.17, 15) is 8.42 Å². The third-order valence-corrected chi connectivity index (χ3v) is 5.18. The summed E-state index contributed by atoms with van der Waals surface area (Å²) in [6.07, 6.45) is 0. The van der Waals surface area contributed by atoms with E-state index in [1.54, 1.807) is 49.4 Å². The van der Waals surface area contributed by atoms with Crippen molar-refractivity contribution in [2.45, 2.75) is 18.7 Å². The maximum Gasteiger partial charge on any atom is 0.265 e. The molecule has 1 heterocycles. The van der Waals surface area contributed by atoms with Crippen LogP contribution in [0, 0.1) is 6.92 Å². The lowest BCUT2D eigenvalue weighted by Crippen LogP contribution is -2.15. The maximum atomic E-state index is 13.0. The quantitative estimate of drug-likeness (QED) is 0.661. The molecule has 0 aliphatic carbocycles. The van der Waals surface area contributed by atoms with Gasteiger partial charge in [-0.05, 0) is 44.2 Å². The van der Waals surface area contributed by atoms with Crippen LogP contribution < -0.4 is 14.2 Å². The second-order valence-corrected chi connectivity index (χ2v) is 7.38. The van der Waals surface area contributed by atoms with Gasteiger partial charge in [0.1, 0.15) is 16.4 Å².